The molecule has 0 atom stereocenters. The van der Waals surface area contributed by atoms with E-state index < -0.39 is 0 Å². The van der Waals surface area contributed by atoms with Crippen LogP contribution >= 0.6 is 35.0 Å². The molecule has 0 saturated carbocycles. The monoisotopic (exact) mass is 468 g/mol. The SMILES string of the molecule is O=C(CSc1nc2ccccc2n1Cc1ccccc1)N/N=C/c1c(Cl)cccc1Cl. The standard InChI is InChI=1S/C23H18Cl2N4OS/c24-18-9-6-10-19(25)17(18)13-26-28-22(30)15-31-23-27-20-11-4-5-12-21(20)29(23)14-16-7-2-1-3-8-16/h1-13H,14-15H2,(H,28,30)/b26-13+. The molecule has 1 amide bonds. The highest BCUT2D eigenvalue weighted by molar-refractivity contribution is 7.99. The second kappa shape index (κ2) is 10.0. The number of aromatic nitrogens is 2. The van der Waals surface area contributed by atoms with E-state index in [-0.39, 0.29) is 11.7 Å². The van der Waals surface area contributed by atoms with Crippen LogP contribution < -0.4 is 5.43 Å². The zero-order valence-electron chi connectivity index (χ0n) is 16.3. The van der Waals surface area contributed by atoms with Gasteiger partial charge < -0.3 is 4.57 Å². The molecule has 31 heavy (non-hydrogen) atoms. The Balaban J connectivity index is 1.45. The van der Waals surface area contributed by atoms with Crippen LogP contribution in [0.4, 0.5) is 0 Å². The van der Waals surface area contributed by atoms with E-state index in [0.717, 1.165) is 21.8 Å². The Morgan fingerprint density at radius 3 is 2.48 bits per heavy atom. The first-order valence-corrected chi connectivity index (χ1v) is 11.2. The van der Waals surface area contributed by atoms with Crippen LogP contribution in [0, 0.1) is 0 Å². The van der Waals surface area contributed by atoms with Gasteiger partial charge in [0.2, 0.25) is 0 Å². The molecule has 0 aliphatic heterocycles. The Hall–Kier alpha value is -2.80. The van der Waals surface area contributed by atoms with E-state index in [4.69, 9.17) is 28.2 Å². The molecule has 4 aromatic rings. The van der Waals surface area contributed by atoms with Crippen molar-refractivity contribution in [1.82, 2.24) is 15.0 Å². The molecule has 1 N–H and O–H groups in total. The first kappa shape index (κ1) is 21.4. The molecule has 3 aromatic carbocycles. The number of hydrazone groups is 1. The largest absolute Gasteiger partial charge is 0.314 e. The molecule has 156 valence electrons. The summed E-state index contributed by atoms with van der Waals surface area (Å²) in [5, 5.41) is 5.68. The molecular weight excluding hydrogens is 451 g/mol. The highest BCUT2D eigenvalue weighted by atomic mass is 35.5. The third kappa shape index (κ3) is 5.28. The van der Waals surface area contributed by atoms with Crippen molar-refractivity contribution >= 4 is 58.1 Å². The summed E-state index contributed by atoms with van der Waals surface area (Å²) in [6, 6.07) is 23.3. The zero-order valence-corrected chi connectivity index (χ0v) is 18.7. The number of thioether (sulfide) groups is 1. The smallest absolute Gasteiger partial charge is 0.250 e. The van der Waals surface area contributed by atoms with Crippen molar-refractivity contribution < 1.29 is 4.79 Å². The fourth-order valence-electron chi connectivity index (χ4n) is 3.05. The summed E-state index contributed by atoms with van der Waals surface area (Å²) < 4.78 is 2.12. The van der Waals surface area contributed by atoms with Crippen LogP contribution in [0.25, 0.3) is 11.0 Å². The highest BCUT2D eigenvalue weighted by Crippen LogP contribution is 2.25. The van der Waals surface area contributed by atoms with Gasteiger partial charge in [0.05, 0.1) is 39.6 Å². The van der Waals surface area contributed by atoms with Gasteiger partial charge >= 0.3 is 0 Å². The Labute approximate surface area is 194 Å². The van der Waals surface area contributed by atoms with Gasteiger partial charge in [0, 0.05) is 5.56 Å². The van der Waals surface area contributed by atoms with Crippen molar-refractivity contribution in [2.24, 2.45) is 5.10 Å². The fraction of sp³-hybridized carbons (Fsp3) is 0.0870. The van der Waals surface area contributed by atoms with Crippen molar-refractivity contribution in [2.45, 2.75) is 11.7 Å². The van der Waals surface area contributed by atoms with E-state index in [1.807, 2.05) is 42.5 Å². The molecule has 5 nitrogen and oxygen atoms in total. The maximum absolute atomic E-state index is 12.3. The summed E-state index contributed by atoms with van der Waals surface area (Å²) in [4.78, 5) is 17.0. The summed E-state index contributed by atoms with van der Waals surface area (Å²) in [6.45, 7) is 0.675. The van der Waals surface area contributed by atoms with Gasteiger partial charge in [0.15, 0.2) is 5.16 Å². The van der Waals surface area contributed by atoms with Gasteiger partial charge in [-0.15, -0.1) is 0 Å². The Bertz CT molecular complexity index is 1220. The summed E-state index contributed by atoms with van der Waals surface area (Å²) in [6.07, 6.45) is 1.44. The second-order valence-electron chi connectivity index (χ2n) is 6.67. The third-order valence-corrected chi connectivity index (χ3v) is 6.15. The number of fused-ring (bicyclic) bond motifs is 1. The van der Waals surface area contributed by atoms with E-state index in [1.165, 1.54) is 18.0 Å². The van der Waals surface area contributed by atoms with E-state index in [2.05, 4.69) is 27.2 Å². The molecule has 8 heteroatoms. The maximum Gasteiger partial charge on any atom is 0.250 e. The lowest BCUT2D eigenvalue weighted by Crippen LogP contribution is -2.20. The average Bonchev–Trinajstić information content (AvgIpc) is 3.12. The maximum atomic E-state index is 12.3. The summed E-state index contributed by atoms with van der Waals surface area (Å²) in [5.74, 6) is -0.0751. The van der Waals surface area contributed by atoms with Crippen LogP contribution in [0.3, 0.4) is 0 Å². The Morgan fingerprint density at radius 1 is 1.00 bits per heavy atom. The lowest BCUT2D eigenvalue weighted by molar-refractivity contribution is -0.118. The predicted octanol–water partition coefficient (Wildman–Crippen LogP) is 5.63. The molecular formula is C23H18Cl2N4OS. The number of rotatable bonds is 7. The highest BCUT2D eigenvalue weighted by Gasteiger charge is 2.13. The van der Waals surface area contributed by atoms with Crippen molar-refractivity contribution in [3.63, 3.8) is 0 Å². The van der Waals surface area contributed by atoms with Gasteiger partial charge in [0.25, 0.3) is 5.91 Å². The van der Waals surface area contributed by atoms with Crippen molar-refractivity contribution in [2.75, 3.05) is 5.75 Å². The van der Waals surface area contributed by atoms with Gasteiger partial charge in [-0.25, -0.2) is 10.4 Å². The number of imidazole rings is 1. The first-order valence-electron chi connectivity index (χ1n) is 9.50. The molecule has 1 aromatic heterocycles. The number of hydrogen-bond donors (Lipinski definition) is 1. The van der Waals surface area contributed by atoms with Gasteiger partial charge in [-0.05, 0) is 29.8 Å². The Morgan fingerprint density at radius 2 is 1.71 bits per heavy atom. The van der Waals surface area contributed by atoms with Crippen molar-refractivity contribution in [3.05, 3.63) is 94.0 Å². The number of hydrogen-bond acceptors (Lipinski definition) is 4. The quantitative estimate of drug-likeness (QED) is 0.217. The fourth-order valence-corrected chi connectivity index (χ4v) is 4.35. The minimum atomic E-state index is -0.247. The minimum Gasteiger partial charge on any atom is -0.314 e. The number of benzene rings is 3. The van der Waals surface area contributed by atoms with E-state index in [0.29, 0.717) is 22.2 Å². The lowest BCUT2D eigenvalue weighted by atomic mass is 10.2. The molecule has 0 aliphatic carbocycles. The van der Waals surface area contributed by atoms with Crippen LogP contribution in [-0.2, 0) is 11.3 Å². The first-order chi connectivity index (χ1) is 15.1. The van der Waals surface area contributed by atoms with Gasteiger partial charge in [-0.3, -0.25) is 4.79 Å². The molecule has 0 fully saturated rings. The number of carbonyl (C=O) groups excluding carboxylic acids is 1. The van der Waals surface area contributed by atoms with Crippen LogP contribution in [0.15, 0.2) is 83.1 Å². The van der Waals surface area contributed by atoms with Crippen molar-refractivity contribution in [1.29, 1.82) is 0 Å². The number of para-hydroxylation sites is 2. The molecule has 0 unspecified atom stereocenters. The summed E-state index contributed by atoms with van der Waals surface area (Å²) >= 11 is 13.6. The number of nitrogens with one attached hydrogen (secondary N) is 1. The number of nitrogens with zero attached hydrogens (tertiary/aromatic N) is 3. The molecule has 1 heterocycles. The van der Waals surface area contributed by atoms with Gasteiger partial charge in [0.1, 0.15) is 0 Å². The molecule has 0 aliphatic rings. The molecule has 0 saturated heterocycles. The third-order valence-electron chi connectivity index (χ3n) is 4.52. The van der Waals surface area contributed by atoms with Crippen LogP contribution in [0.5, 0.6) is 0 Å². The normalized spacial score (nSPS) is 11.3. The topological polar surface area (TPSA) is 59.3 Å². The van der Waals surface area contributed by atoms with Gasteiger partial charge in [-0.2, -0.15) is 5.10 Å². The molecule has 0 bridgehead atoms. The number of carbonyl (C=O) groups is 1. The number of amides is 1. The minimum absolute atomic E-state index is 0.172. The molecule has 0 spiro atoms. The Kier molecular flexibility index (Phi) is 6.92. The van der Waals surface area contributed by atoms with Crippen LogP contribution in [0.2, 0.25) is 10.0 Å². The van der Waals surface area contributed by atoms with Crippen molar-refractivity contribution in [3.8, 4) is 0 Å². The summed E-state index contributed by atoms with van der Waals surface area (Å²) in [7, 11) is 0. The van der Waals surface area contributed by atoms with Crippen LogP contribution in [-0.4, -0.2) is 27.4 Å². The average molecular weight is 469 g/mol. The summed E-state index contributed by atoms with van der Waals surface area (Å²) in [5.41, 5.74) is 6.16. The van der Waals surface area contributed by atoms with Crippen LogP contribution in [0.1, 0.15) is 11.1 Å². The number of halogens is 2. The van der Waals surface area contributed by atoms with Gasteiger partial charge in [-0.1, -0.05) is 83.5 Å². The van der Waals surface area contributed by atoms with E-state index in [9.17, 15) is 4.79 Å². The molecule has 4 rings (SSSR count). The predicted molar refractivity (Wildman–Crippen MR) is 128 cm³/mol. The lowest BCUT2D eigenvalue weighted by Gasteiger charge is -2.09. The molecule has 0 radical (unpaired) electrons. The second-order valence-corrected chi connectivity index (χ2v) is 8.43. The van der Waals surface area contributed by atoms with E-state index >= 15 is 0 Å². The zero-order chi connectivity index (χ0) is 21.6. The van der Waals surface area contributed by atoms with E-state index in [1.54, 1.807) is 18.2 Å².